The van der Waals surface area contributed by atoms with Crippen LogP contribution >= 0.6 is 0 Å². The number of amides is 1. The molecule has 1 aliphatic heterocycles. The number of para-hydroxylation sites is 1. The first-order chi connectivity index (χ1) is 10.0. The Morgan fingerprint density at radius 2 is 1.76 bits per heavy atom. The smallest absolute Gasteiger partial charge is 0.410 e. The van der Waals surface area contributed by atoms with Crippen LogP contribution in [0.25, 0.3) is 0 Å². The van der Waals surface area contributed by atoms with Gasteiger partial charge in [-0.05, 0) is 18.6 Å². The number of nitrogens with zero attached hydrogens (tertiary/aromatic N) is 2. The number of sulfonamides is 1. The number of benzene rings is 1. The molecule has 0 N–H and O–H groups in total. The van der Waals surface area contributed by atoms with Gasteiger partial charge in [-0.1, -0.05) is 25.1 Å². The summed E-state index contributed by atoms with van der Waals surface area (Å²) in [7, 11) is -3.19. The first kappa shape index (κ1) is 15.8. The first-order valence-corrected chi connectivity index (χ1v) is 8.63. The Bertz CT molecular complexity index is 566. The molecular formula is C14H20N2O4S. The Balaban J connectivity index is 1.88. The van der Waals surface area contributed by atoms with Gasteiger partial charge in [0.2, 0.25) is 10.0 Å². The predicted molar refractivity (Wildman–Crippen MR) is 79.7 cm³/mol. The lowest BCUT2D eigenvalue weighted by molar-refractivity contribution is 0.132. The summed E-state index contributed by atoms with van der Waals surface area (Å²) in [5, 5.41) is 0. The van der Waals surface area contributed by atoms with E-state index in [1.807, 2.05) is 13.0 Å². The van der Waals surface area contributed by atoms with E-state index in [-0.39, 0.29) is 5.75 Å². The van der Waals surface area contributed by atoms with Crippen molar-refractivity contribution in [2.45, 2.75) is 13.3 Å². The molecule has 7 heteroatoms. The van der Waals surface area contributed by atoms with Crippen molar-refractivity contribution in [2.24, 2.45) is 0 Å². The fraction of sp³-hybridized carbons (Fsp3) is 0.500. The lowest BCUT2D eigenvalue weighted by atomic mass is 10.3. The second-order valence-corrected chi connectivity index (χ2v) is 6.97. The van der Waals surface area contributed by atoms with Crippen molar-refractivity contribution in [1.82, 2.24) is 9.21 Å². The van der Waals surface area contributed by atoms with Crippen molar-refractivity contribution in [3.8, 4) is 5.75 Å². The topological polar surface area (TPSA) is 66.9 Å². The van der Waals surface area contributed by atoms with Gasteiger partial charge in [0.1, 0.15) is 5.75 Å². The molecule has 21 heavy (non-hydrogen) atoms. The molecule has 0 radical (unpaired) electrons. The summed E-state index contributed by atoms with van der Waals surface area (Å²) in [4.78, 5) is 13.5. The third kappa shape index (κ3) is 4.18. The normalized spacial score (nSPS) is 16.7. The monoisotopic (exact) mass is 312 g/mol. The van der Waals surface area contributed by atoms with Crippen molar-refractivity contribution in [3.05, 3.63) is 30.3 Å². The van der Waals surface area contributed by atoms with Gasteiger partial charge in [-0.25, -0.2) is 13.2 Å². The average Bonchev–Trinajstić information content (AvgIpc) is 2.48. The third-order valence-electron chi connectivity index (χ3n) is 3.30. The van der Waals surface area contributed by atoms with Crippen molar-refractivity contribution >= 4 is 16.1 Å². The number of hydrogen-bond acceptors (Lipinski definition) is 4. The highest BCUT2D eigenvalue weighted by atomic mass is 32.2. The largest absolute Gasteiger partial charge is 0.415 e. The summed E-state index contributed by atoms with van der Waals surface area (Å²) < 4.78 is 30.6. The molecule has 1 fully saturated rings. The molecule has 0 saturated carbocycles. The molecule has 1 heterocycles. The van der Waals surface area contributed by atoms with Crippen LogP contribution in [-0.2, 0) is 10.0 Å². The number of hydrogen-bond donors (Lipinski definition) is 0. The summed E-state index contributed by atoms with van der Waals surface area (Å²) >= 11 is 0. The molecule has 1 aromatic carbocycles. The fourth-order valence-electron chi connectivity index (χ4n) is 2.19. The molecule has 1 saturated heterocycles. The number of carbonyl (C=O) groups excluding carboxylic acids is 1. The zero-order valence-corrected chi connectivity index (χ0v) is 12.9. The van der Waals surface area contributed by atoms with Gasteiger partial charge in [-0.2, -0.15) is 4.31 Å². The van der Waals surface area contributed by atoms with Crippen LogP contribution in [0.15, 0.2) is 30.3 Å². The zero-order valence-electron chi connectivity index (χ0n) is 12.1. The van der Waals surface area contributed by atoms with E-state index in [0.717, 1.165) is 0 Å². The van der Waals surface area contributed by atoms with Crippen LogP contribution in [0, 0.1) is 0 Å². The average molecular weight is 312 g/mol. The lowest BCUT2D eigenvalue weighted by Gasteiger charge is -2.33. The van der Waals surface area contributed by atoms with E-state index in [1.54, 1.807) is 24.3 Å². The van der Waals surface area contributed by atoms with Gasteiger partial charge in [0.25, 0.3) is 0 Å². The maximum absolute atomic E-state index is 12.0. The molecule has 2 rings (SSSR count). The van der Waals surface area contributed by atoms with Gasteiger partial charge < -0.3 is 9.64 Å². The SMILES string of the molecule is CCCS(=O)(=O)N1CCN(C(=O)Oc2ccccc2)CC1. The molecule has 0 bridgehead atoms. The summed E-state index contributed by atoms with van der Waals surface area (Å²) in [5.41, 5.74) is 0. The van der Waals surface area contributed by atoms with Gasteiger partial charge in [-0.15, -0.1) is 0 Å². The van der Waals surface area contributed by atoms with Crippen molar-refractivity contribution in [2.75, 3.05) is 31.9 Å². The summed E-state index contributed by atoms with van der Waals surface area (Å²) in [5.74, 6) is 0.644. The van der Waals surface area contributed by atoms with E-state index < -0.39 is 16.1 Å². The molecule has 6 nitrogen and oxygen atoms in total. The minimum atomic E-state index is -3.19. The molecule has 0 aliphatic carbocycles. The minimum absolute atomic E-state index is 0.154. The van der Waals surface area contributed by atoms with E-state index in [2.05, 4.69) is 0 Å². The Morgan fingerprint density at radius 1 is 1.14 bits per heavy atom. The predicted octanol–water partition coefficient (Wildman–Crippen LogP) is 1.54. The molecule has 116 valence electrons. The van der Waals surface area contributed by atoms with Gasteiger partial charge in [0, 0.05) is 26.2 Å². The minimum Gasteiger partial charge on any atom is -0.410 e. The fourth-order valence-corrected chi connectivity index (χ4v) is 3.68. The molecular weight excluding hydrogens is 292 g/mol. The van der Waals surface area contributed by atoms with Gasteiger partial charge in [0.15, 0.2) is 0 Å². The Kier molecular flexibility index (Phi) is 5.19. The Hall–Kier alpha value is -1.60. The highest BCUT2D eigenvalue weighted by Gasteiger charge is 2.28. The lowest BCUT2D eigenvalue weighted by Crippen LogP contribution is -2.51. The highest BCUT2D eigenvalue weighted by Crippen LogP contribution is 2.13. The molecule has 0 unspecified atom stereocenters. The van der Waals surface area contributed by atoms with Crippen LogP contribution < -0.4 is 4.74 Å². The van der Waals surface area contributed by atoms with Gasteiger partial charge in [-0.3, -0.25) is 0 Å². The molecule has 1 aliphatic rings. The summed E-state index contributed by atoms with van der Waals surface area (Å²) in [6.45, 7) is 3.20. The second kappa shape index (κ2) is 6.91. The molecule has 0 spiro atoms. The number of piperazine rings is 1. The van der Waals surface area contributed by atoms with E-state index in [9.17, 15) is 13.2 Å². The van der Waals surface area contributed by atoms with E-state index in [1.165, 1.54) is 9.21 Å². The van der Waals surface area contributed by atoms with Crippen LogP contribution in [0.2, 0.25) is 0 Å². The van der Waals surface area contributed by atoms with Crippen LogP contribution in [-0.4, -0.2) is 55.6 Å². The van der Waals surface area contributed by atoms with Crippen LogP contribution in [0.3, 0.4) is 0 Å². The maximum atomic E-state index is 12.0. The van der Waals surface area contributed by atoms with Crippen molar-refractivity contribution in [1.29, 1.82) is 0 Å². The van der Waals surface area contributed by atoms with E-state index in [4.69, 9.17) is 4.74 Å². The number of rotatable bonds is 4. The van der Waals surface area contributed by atoms with E-state index in [0.29, 0.717) is 38.3 Å². The quantitative estimate of drug-likeness (QED) is 0.846. The Morgan fingerprint density at radius 3 is 2.33 bits per heavy atom. The van der Waals surface area contributed by atoms with Crippen molar-refractivity contribution in [3.63, 3.8) is 0 Å². The van der Waals surface area contributed by atoms with Gasteiger partial charge in [0.05, 0.1) is 5.75 Å². The summed E-state index contributed by atoms with van der Waals surface area (Å²) in [6, 6.07) is 8.84. The highest BCUT2D eigenvalue weighted by molar-refractivity contribution is 7.89. The molecule has 0 aromatic heterocycles. The maximum Gasteiger partial charge on any atom is 0.415 e. The molecule has 0 atom stereocenters. The number of ether oxygens (including phenoxy) is 1. The van der Waals surface area contributed by atoms with Crippen LogP contribution in [0.5, 0.6) is 5.75 Å². The number of carbonyl (C=O) groups is 1. The first-order valence-electron chi connectivity index (χ1n) is 7.02. The second-order valence-electron chi connectivity index (χ2n) is 4.88. The molecule has 1 aromatic rings. The standard InChI is InChI=1S/C14H20N2O4S/c1-2-12-21(18,19)16-10-8-15(9-11-16)14(17)20-13-6-4-3-5-7-13/h3-7H,2,8-12H2,1H3. The third-order valence-corrected chi connectivity index (χ3v) is 5.38. The Labute approximate surface area is 125 Å². The van der Waals surface area contributed by atoms with Gasteiger partial charge >= 0.3 is 6.09 Å². The van der Waals surface area contributed by atoms with Crippen molar-refractivity contribution < 1.29 is 17.9 Å². The van der Waals surface area contributed by atoms with Crippen LogP contribution in [0.1, 0.15) is 13.3 Å². The van der Waals surface area contributed by atoms with E-state index >= 15 is 0 Å². The zero-order chi connectivity index (χ0) is 15.3. The van der Waals surface area contributed by atoms with Crippen LogP contribution in [0.4, 0.5) is 4.79 Å². The summed E-state index contributed by atoms with van der Waals surface area (Å²) in [6.07, 6.45) is 0.159. The molecule has 1 amide bonds.